The summed E-state index contributed by atoms with van der Waals surface area (Å²) in [5.41, 5.74) is 0. The van der Waals surface area contributed by atoms with Gasteiger partial charge in [0, 0.05) is 12.6 Å². The number of nitrogens with one attached hydrogen (secondary N) is 1. The molecule has 0 amide bonds. The molecule has 2 heteroatoms. The first-order valence-electron chi connectivity index (χ1n) is 6.19. The number of ether oxygens (including phenoxy) is 1. The SMILES string of the molecule is CCCCC(NCC)C1CCCOC1. The summed E-state index contributed by atoms with van der Waals surface area (Å²) in [5, 5.41) is 3.61. The van der Waals surface area contributed by atoms with Gasteiger partial charge in [0.25, 0.3) is 0 Å². The molecule has 2 unspecified atom stereocenters. The molecule has 1 aliphatic rings. The summed E-state index contributed by atoms with van der Waals surface area (Å²) >= 11 is 0. The Balaban J connectivity index is 2.30. The minimum absolute atomic E-state index is 0.695. The van der Waals surface area contributed by atoms with Crippen molar-refractivity contribution in [1.29, 1.82) is 0 Å². The van der Waals surface area contributed by atoms with Gasteiger partial charge >= 0.3 is 0 Å². The van der Waals surface area contributed by atoms with Gasteiger partial charge in [-0.2, -0.15) is 0 Å². The van der Waals surface area contributed by atoms with Crippen molar-refractivity contribution in [1.82, 2.24) is 5.32 Å². The van der Waals surface area contributed by atoms with E-state index in [2.05, 4.69) is 19.2 Å². The first-order valence-corrected chi connectivity index (χ1v) is 6.19. The third-order valence-electron chi connectivity index (χ3n) is 3.10. The van der Waals surface area contributed by atoms with Gasteiger partial charge in [-0.25, -0.2) is 0 Å². The lowest BCUT2D eigenvalue weighted by molar-refractivity contribution is 0.0379. The van der Waals surface area contributed by atoms with Gasteiger partial charge in [0.2, 0.25) is 0 Å². The lowest BCUT2D eigenvalue weighted by Crippen LogP contribution is -2.40. The van der Waals surface area contributed by atoms with Crippen molar-refractivity contribution in [3.05, 3.63) is 0 Å². The Morgan fingerprint density at radius 1 is 1.43 bits per heavy atom. The first-order chi connectivity index (χ1) is 6.88. The number of unbranched alkanes of at least 4 members (excludes halogenated alkanes) is 1. The van der Waals surface area contributed by atoms with E-state index in [0.717, 1.165) is 25.7 Å². The lowest BCUT2D eigenvalue weighted by atomic mass is 9.90. The van der Waals surface area contributed by atoms with Crippen LogP contribution in [0.3, 0.4) is 0 Å². The van der Waals surface area contributed by atoms with Crippen LogP contribution in [0.1, 0.15) is 46.0 Å². The van der Waals surface area contributed by atoms with Crippen LogP contribution in [0.15, 0.2) is 0 Å². The molecule has 2 atom stereocenters. The van der Waals surface area contributed by atoms with Crippen LogP contribution in [0.25, 0.3) is 0 Å². The third kappa shape index (κ3) is 3.97. The van der Waals surface area contributed by atoms with Crippen LogP contribution < -0.4 is 5.32 Å². The zero-order chi connectivity index (χ0) is 10.2. The van der Waals surface area contributed by atoms with E-state index in [0.29, 0.717) is 6.04 Å². The Morgan fingerprint density at radius 2 is 2.29 bits per heavy atom. The summed E-state index contributed by atoms with van der Waals surface area (Å²) in [4.78, 5) is 0. The second-order valence-electron chi connectivity index (χ2n) is 4.28. The van der Waals surface area contributed by atoms with E-state index >= 15 is 0 Å². The minimum atomic E-state index is 0.695. The van der Waals surface area contributed by atoms with E-state index in [1.807, 2.05) is 0 Å². The van der Waals surface area contributed by atoms with Crippen LogP contribution in [0.4, 0.5) is 0 Å². The molecular formula is C12H25NO. The maximum atomic E-state index is 5.55. The Morgan fingerprint density at radius 3 is 2.86 bits per heavy atom. The lowest BCUT2D eigenvalue weighted by Gasteiger charge is -2.30. The summed E-state index contributed by atoms with van der Waals surface area (Å²) in [5.74, 6) is 0.759. The monoisotopic (exact) mass is 199 g/mol. The summed E-state index contributed by atoms with van der Waals surface area (Å²) in [7, 11) is 0. The van der Waals surface area contributed by atoms with Gasteiger partial charge in [-0.3, -0.25) is 0 Å². The fourth-order valence-electron chi connectivity index (χ4n) is 2.27. The fourth-order valence-corrected chi connectivity index (χ4v) is 2.27. The molecule has 1 aliphatic heterocycles. The number of hydrogen-bond donors (Lipinski definition) is 1. The van der Waals surface area contributed by atoms with E-state index in [4.69, 9.17) is 4.74 Å². The standard InChI is InChI=1S/C12H25NO/c1-3-5-8-12(13-4-2)11-7-6-9-14-10-11/h11-13H,3-10H2,1-2H3. The van der Waals surface area contributed by atoms with Crippen LogP contribution in [-0.4, -0.2) is 25.8 Å². The molecule has 0 spiro atoms. The molecule has 1 N–H and O–H groups in total. The molecule has 0 aromatic rings. The van der Waals surface area contributed by atoms with Gasteiger partial charge in [-0.1, -0.05) is 26.7 Å². The highest BCUT2D eigenvalue weighted by Crippen LogP contribution is 2.20. The molecule has 0 aromatic heterocycles. The van der Waals surface area contributed by atoms with Gasteiger partial charge in [0.1, 0.15) is 0 Å². The summed E-state index contributed by atoms with van der Waals surface area (Å²) in [6.45, 7) is 7.50. The molecule has 1 heterocycles. The summed E-state index contributed by atoms with van der Waals surface area (Å²) < 4.78 is 5.55. The average Bonchev–Trinajstić information content (AvgIpc) is 2.25. The second-order valence-corrected chi connectivity index (χ2v) is 4.28. The Bertz CT molecular complexity index is 132. The largest absolute Gasteiger partial charge is 0.381 e. The van der Waals surface area contributed by atoms with Crippen molar-refractivity contribution in [2.45, 2.75) is 52.0 Å². The van der Waals surface area contributed by atoms with Gasteiger partial charge < -0.3 is 10.1 Å². The topological polar surface area (TPSA) is 21.3 Å². The zero-order valence-corrected chi connectivity index (χ0v) is 9.72. The van der Waals surface area contributed by atoms with Gasteiger partial charge in [0.15, 0.2) is 0 Å². The van der Waals surface area contributed by atoms with Crippen LogP contribution >= 0.6 is 0 Å². The van der Waals surface area contributed by atoms with Crippen LogP contribution in [0, 0.1) is 5.92 Å². The maximum Gasteiger partial charge on any atom is 0.0509 e. The van der Waals surface area contributed by atoms with Gasteiger partial charge in [-0.15, -0.1) is 0 Å². The normalized spacial score (nSPS) is 24.9. The highest BCUT2D eigenvalue weighted by molar-refractivity contribution is 4.77. The number of hydrogen-bond acceptors (Lipinski definition) is 2. The van der Waals surface area contributed by atoms with Crippen molar-refractivity contribution in [3.63, 3.8) is 0 Å². The second kappa shape index (κ2) is 7.24. The Hall–Kier alpha value is -0.0800. The van der Waals surface area contributed by atoms with Crippen molar-refractivity contribution >= 4 is 0 Å². The van der Waals surface area contributed by atoms with E-state index < -0.39 is 0 Å². The molecule has 0 saturated carbocycles. The zero-order valence-electron chi connectivity index (χ0n) is 9.72. The van der Waals surface area contributed by atoms with Crippen LogP contribution in [0.2, 0.25) is 0 Å². The van der Waals surface area contributed by atoms with E-state index in [-0.39, 0.29) is 0 Å². The molecule has 2 nitrogen and oxygen atoms in total. The first kappa shape index (κ1) is 12.0. The van der Waals surface area contributed by atoms with E-state index in [9.17, 15) is 0 Å². The highest BCUT2D eigenvalue weighted by Gasteiger charge is 2.22. The van der Waals surface area contributed by atoms with Crippen LogP contribution in [-0.2, 0) is 4.74 Å². The molecule has 14 heavy (non-hydrogen) atoms. The minimum Gasteiger partial charge on any atom is -0.381 e. The molecule has 1 rings (SSSR count). The summed E-state index contributed by atoms with van der Waals surface area (Å²) in [6, 6.07) is 0.695. The molecule has 0 aromatic carbocycles. The number of rotatable bonds is 6. The maximum absolute atomic E-state index is 5.55. The predicted octanol–water partition coefficient (Wildman–Crippen LogP) is 2.58. The predicted molar refractivity (Wildman–Crippen MR) is 60.5 cm³/mol. The molecule has 0 aliphatic carbocycles. The Labute approximate surface area is 88.4 Å². The van der Waals surface area contributed by atoms with E-state index in [1.54, 1.807) is 0 Å². The fraction of sp³-hybridized carbons (Fsp3) is 1.00. The molecule has 0 radical (unpaired) electrons. The van der Waals surface area contributed by atoms with Crippen molar-refractivity contribution in [3.8, 4) is 0 Å². The van der Waals surface area contributed by atoms with Gasteiger partial charge in [0.05, 0.1) is 6.61 Å². The van der Waals surface area contributed by atoms with Crippen molar-refractivity contribution in [2.75, 3.05) is 19.8 Å². The average molecular weight is 199 g/mol. The highest BCUT2D eigenvalue weighted by atomic mass is 16.5. The third-order valence-corrected chi connectivity index (χ3v) is 3.10. The molecule has 1 saturated heterocycles. The van der Waals surface area contributed by atoms with Gasteiger partial charge in [-0.05, 0) is 31.7 Å². The summed E-state index contributed by atoms with van der Waals surface area (Å²) in [6.07, 6.45) is 6.56. The van der Waals surface area contributed by atoms with Crippen LogP contribution in [0.5, 0.6) is 0 Å². The Kier molecular flexibility index (Phi) is 6.20. The van der Waals surface area contributed by atoms with Crippen molar-refractivity contribution in [2.24, 2.45) is 5.92 Å². The van der Waals surface area contributed by atoms with Crippen molar-refractivity contribution < 1.29 is 4.74 Å². The molecular weight excluding hydrogens is 174 g/mol. The quantitative estimate of drug-likeness (QED) is 0.710. The molecule has 0 bridgehead atoms. The van der Waals surface area contributed by atoms with E-state index in [1.165, 1.54) is 32.1 Å². The molecule has 84 valence electrons. The molecule has 1 fully saturated rings. The smallest absolute Gasteiger partial charge is 0.0509 e.